The van der Waals surface area contributed by atoms with Crippen molar-refractivity contribution in [3.63, 3.8) is 0 Å². The second-order valence-electron chi connectivity index (χ2n) is 16.1. The predicted molar refractivity (Wildman–Crippen MR) is 238 cm³/mol. The lowest BCUT2D eigenvalue weighted by Gasteiger charge is -2.27. The average molecular weight is 800 g/mol. The van der Waals surface area contributed by atoms with Gasteiger partial charge in [-0.3, -0.25) is 9.35 Å². The molecule has 0 atom stereocenters. The Labute approximate surface area is 342 Å². The Hall–Kier alpha value is -5.48. The maximum Gasteiger partial charge on any atom is 0.264 e. The van der Waals surface area contributed by atoms with Gasteiger partial charge >= 0.3 is 0 Å². The summed E-state index contributed by atoms with van der Waals surface area (Å²) in [7, 11) is -4.01. The van der Waals surface area contributed by atoms with E-state index in [0.717, 1.165) is 37.2 Å². The summed E-state index contributed by atoms with van der Waals surface area (Å²) in [4.78, 5) is 17.3. The van der Waals surface area contributed by atoms with Crippen molar-refractivity contribution >= 4 is 54.7 Å². The lowest BCUT2D eigenvalue weighted by molar-refractivity contribution is -0.438. The van der Waals surface area contributed by atoms with Gasteiger partial charge in [-0.15, -0.1) is 0 Å². The highest BCUT2D eigenvalue weighted by Crippen LogP contribution is 2.51. The Morgan fingerprint density at radius 3 is 2.22 bits per heavy atom. The molecule has 2 N–H and O–H groups in total. The zero-order valence-corrected chi connectivity index (χ0v) is 34.9. The molecule has 58 heavy (non-hydrogen) atoms. The second kappa shape index (κ2) is 18.4. The molecule has 0 unspecified atom stereocenters. The van der Waals surface area contributed by atoms with Crippen LogP contribution < -0.4 is 10.2 Å². The molecule has 11 heteroatoms. The van der Waals surface area contributed by atoms with Crippen LogP contribution in [0.3, 0.4) is 0 Å². The molecule has 0 aliphatic carbocycles. The minimum Gasteiger partial charge on any atom is -0.356 e. The minimum atomic E-state index is -4.01. The minimum absolute atomic E-state index is 0.0174. The average Bonchev–Trinajstić information content (AvgIpc) is 3.55. The highest BCUT2D eigenvalue weighted by atomic mass is 32.2. The van der Waals surface area contributed by atoms with Gasteiger partial charge < -0.3 is 10.2 Å². The number of azide groups is 1. The van der Waals surface area contributed by atoms with Crippen LogP contribution in [0, 0.1) is 0 Å². The monoisotopic (exact) mass is 799 g/mol. The third-order valence-electron chi connectivity index (χ3n) is 11.4. The van der Waals surface area contributed by atoms with E-state index in [-0.39, 0.29) is 29.0 Å². The van der Waals surface area contributed by atoms with Crippen LogP contribution in [0.5, 0.6) is 0 Å². The summed E-state index contributed by atoms with van der Waals surface area (Å²) >= 11 is 0. The molecule has 302 valence electrons. The topological polar surface area (TPSA) is 138 Å². The molecule has 0 spiro atoms. The summed E-state index contributed by atoms with van der Waals surface area (Å²) in [5, 5.41) is 11.2. The van der Waals surface area contributed by atoms with Crippen LogP contribution in [-0.2, 0) is 25.7 Å². The Morgan fingerprint density at radius 1 is 0.828 bits per heavy atom. The predicted octanol–water partition coefficient (Wildman–Crippen LogP) is 10.4. The van der Waals surface area contributed by atoms with E-state index in [1.54, 1.807) is 0 Å². The first kappa shape index (κ1) is 42.1. The van der Waals surface area contributed by atoms with Crippen molar-refractivity contribution in [1.82, 2.24) is 5.32 Å². The van der Waals surface area contributed by atoms with Crippen molar-refractivity contribution in [3.8, 4) is 0 Å². The van der Waals surface area contributed by atoms with Gasteiger partial charge in [-0.05, 0) is 90.4 Å². The van der Waals surface area contributed by atoms with Crippen LogP contribution in [-0.4, -0.2) is 61.1 Å². The van der Waals surface area contributed by atoms with Crippen molar-refractivity contribution in [3.05, 3.63) is 143 Å². The SMILES string of the molecule is CC1(C)C(/C=C/C=C/C=C/C=C2/N(CCCCS(=O)(=O)O)c3ccc4ccccc4c3C2(C)C)=[N+](CCCCCC(=O)NCCN=[N+]=[N-])c2ccc3ccccc3c21. The largest absolute Gasteiger partial charge is 0.356 e. The van der Waals surface area contributed by atoms with E-state index in [0.29, 0.717) is 32.4 Å². The number of nitrogens with zero attached hydrogens (tertiary/aromatic N) is 5. The number of nitrogens with one attached hydrogen (secondary N) is 1. The maximum absolute atomic E-state index is 12.2. The number of carbonyl (C=O) groups is 1. The van der Waals surface area contributed by atoms with Crippen molar-refractivity contribution in [1.29, 1.82) is 0 Å². The number of amides is 1. The summed E-state index contributed by atoms with van der Waals surface area (Å²) in [5.74, 6) is -0.261. The number of unbranched alkanes of at least 4 members (excludes halogenated alkanes) is 3. The van der Waals surface area contributed by atoms with E-state index in [1.165, 1.54) is 44.1 Å². The summed E-state index contributed by atoms with van der Waals surface area (Å²) in [5.41, 5.74) is 15.2. The first-order chi connectivity index (χ1) is 27.8. The molecule has 2 heterocycles. The molecule has 0 radical (unpaired) electrons. The van der Waals surface area contributed by atoms with Crippen LogP contribution in [0.2, 0.25) is 0 Å². The van der Waals surface area contributed by atoms with Gasteiger partial charge in [0.05, 0.1) is 11.2 Å². The van der Waals surface area contributed by atoms with Gasteiger partial charge in [-0.2, -0.15) is 13.0 Å². The zero-order chi connectivity index (χ0) is 41.3. The number of allylic oxidation sites excluding steroid dienone is 8. The number of anilines is 1. The molecule has 10 nitrogen and oxygen atoms in total. The van der Waals surface area contributed by atoms with E-state index < -0.39 is 10.1 Å². The van der Waals surface area contributed by atoms with Crippen molar-refractivity contribution in [2.45, 2.75) is 77.0 Å². The van der Waals surface area contributed by atoms with Gasteiger partial charge in [-0.1, -0.05) is 104 Å². The van der Waals surface area contributed by atoms with E-state index in [2.05, 4.69) is 156 Å². The van der Waals surface area contributed by atoms with Gasteiger partial charge in [-0.25, -0.2) is 0 Å². The van der Waals surface area contributed by atoms with E-state index in [9.17, 15) is 17.8 Å². The molecule has 2 aliphatic rings. The van der Waals surface area contributed by atoms with Gasteiger partial charge in [0, 0.05) is 71.9 Å². The van der Waals surface area contributed by atoms with Crippen LogP contribution in [0.15, 0.2) is 126 Å². The summed E-state index contributed by atoms with van der Waals surface area (Å²) in [6.45, 7) is 11.2. The number of carbonyl (C=O) groups excluding carboxylic acids is 1. The maximum atomic E-state index is 12.2. The highest BCUT2D eigenvalue weighted by Gasteiger charge is 2.45. The normalized spacial score (nSPS) is 16.6. The molecule has 0 fully saturated rings. The lowest BCUT2D eigenvalue weighted by Crippen LogP contribution is -2.28. The van der Waals surface area contributed by atoms with Crippen LogP contribution >= 0.6 is 0 Å². The number of hydrogen-bond acceptors (Lipinski definition) is 5. The van der Waals surface area contributed by atoms with Gasteiger partial charge in [0.2, 0.25) is 11.6 Å². The van der Waals surface area contributed by atoms with Crippen LogP contribution in [0.4, 0.5) is 11.4 Å². The fraction of sp³-hybridized carbons (Fsp3) is 0.362. The molecule has 0 saturated carbocycles. The Balaban J connectivity index is 1.19. The van der Waals surface area contributed by atoms with Gasteiger partial charge in [0.1, 0.15) is 6.54 Å². The molecular formula is C47H55N6O4S+. The standard InChI is InChI=1S/C47H54N6O4S/c1-46(2)41(52(32-16-8-11-25-43(54)49-30-31-50-51-48)39-28-26-35-19-12-14-21-37(35)44(39)46)23-9-6-5-7-10-24-42-47(3,4)45-38-22-15-13-20-36(38)27-29-40(45)53(42)33-17-18-34-58(55,56)57/h5-7,9-10,12-15,19-24,26-29H,8,11,16-18,25,30-34H2,1-4H3,(H-,49,54,55,56,57)/p+1. The first-order valence-corrected chi connectivity index (χ1v) is 21.9. The molecule has 2 aliphatic heterocycles. The van der Waals surface area contributed by atoms with E-state index in [4.69, 9.17) is 5.53 Å². The van der Waals surface area contributed by atoms with Gasteiger partial charge in [0.15, 0.2) is 5.71 Å². The number of rotatable bonds is 18. The number of benzene rings is 4. The first-order valence-electron chi connectivity index (χ1n) is 20.3. The van der Waals surface area contributed by atoms with Gasteiger partial charge in [0.25, 0.3) is 10.1 Å². The van der Waals surface area contributed by atoms with E-state index >= 15 is 0 Å². The van der Waals surface area contributed by atoms with E-state index in [1.807, 2.05) is 12.2 Å². The van der Waals surface area contributed by atoms with Crippen molar-refractivity contribution in [2.75, 3.05) is 36.8 Å². The van der Waals surface area contributed by atoms with Crippen molar-refractivity contribution < 1.29 is 22.3 Å². The molecule has 0 aromatic heterocycles. The Morgan fingerprint density at radius 2 is 1.50 bits per heavy atom. The molecule has 0 bridgehead atoms. The summed E-state index contributed by atoms with van der Waals surface area (Å²) in [6, 6.07) is 25.8. The summed E-state index contributed by atoms with van der Waals surface area (Å²) in [6.07, 6.45) is 18.8. The molecule has 4 aromatic rings. The Kier molecular flexibility index (Phi) is 13.4. The van der Waals surface area contributed by atoms with Crippen LogP contribution in [0.1, 0.15) is 77.3 Å². The summed E-state index contributed by atoms with van der Waals surface area (Å²) < 4.78 is 34.6. The molecule has 0 saturated heterocycles. The third-order valence-corrected chi connectivity index (χ3v) is 12.2. The lowest BCUT2D eigenvalue weighted by atomic mass is 9.79. The smallest absolute Gasteiger partial charge is 0.264 e. The number of fused-ring (bicyclic) bond motifs is 6. The third kappa shape index (κ3) is 9.45. The molecule has 1 amide bonds. The number of hydrogen-bond donors (Lipinski definition) is 2. The fourth-order valence-electron chi connectivity index (χ4n) is 8.70. The molecule has 6 rings (SSSR count). The zero-order valence-electron chi connectivity index (χ0n) is 34.1. The quantitative estimate of drug-likeness (QED) is 0.0196. The fourth-order valence-corrected chi connectivity index (χ4v) is 9.27. The van der Waals surface area contributed by atoms with Crippen LogP contribution in [0.25, 0.3) is 32.0 Å². The second-order valence-corrected chi connectivity index (χ2v) is 17.7. The Bertz CT molecular complexity index is 2490. The highest BCUT2D eigenvalue weighted by molar-refractivity contribution is 7.85. The van der Waals surface area contributed by atoms with Crippen molar-refractivity contribution in [2.24, 2.45) is 5.11 Å². The molecule has 4 aromatic carbocycles. The molecular weight excluding hydrogens is 745 g/mol.